The predicted octanol–water partition coefficient (Wildman–Crippen LogP) is 1.19. The van der Waals surface area contributed by atoms with Crippen molar-refractivity contribution < 1.29 is 14.6 Å². The lowest BCUT2D eigenvalue weighted by Gasteiger charge is -2.19. The van der Waals surface area contributed by atoms with Crippen LogP contribution in [0.2, 0.25) is 0 Å². The van der Waals surface area contributed by atoms with Gasteiger partial charge >= 0.3 is 0 Å². The first kappa shape index (κ1) is 15.8. The maximum absolute atomic E-state index is 12.0. The Labute approximate surface area is 125 Å². The molecule has 1 aromatic carbocycles. The molecular formula is C16H24N2O3. The van der Waals surface area contributed by atoms with Gasteiger partial charge in [-0.15, -0.1) is 0 Å². The number of carbonyl (C=O) groups is 1. The number of carbonyl (C=O) groups excluding carboxylic acids is 1. The van der Waals surface area contributed by atoms with Crippen LogP contribution in [0.1, 0.15) is 25.3 Å². The SMILES string of the molecule is CCC1OCCC1CNC(=O)[C@H](N)Cc1ccc(O)cc1. The van der Waals surface area contributed by atoms with E-state index in [-0.39, 0.29) is 17.8 Å². The summed E-state index contributed by atoms with van der Waals surface area (Å²) >= 11 is 0. The summed E-state index contributed by atoms with van der Waals surface area (Å²) in [5.74, 6) is 0.466. The topological polar surface area (TPSA) is 84.6 Å². The van der Waals surface area contributed by atoms with Crippen LogP contribution in [-0.4, -0.2) is 36.3 Å². The highest BCUT2D eigenvalue weighted by Gasteiger charge is 2.27. The minimum atomic E-state index is -0.572. The zero-order valence-electron chi connectivity index (χ0n) is 12.4. The molecule has 0 spiro atoms. The van der Waals surface area contributed by atoms with Gasteiger partial charge in [-0.05, 0) is 37.0 Å². The summed E-state index contributed by atoms with van der Waals surface area (Å²) < 4.78 is 5.61. The Kier molecular flexibility index (Phi) is 5.59. The zero-order valence-corrected chi connectivity index (χ0v) is 12.4. The van der Waals surface area contributed by atoms with Crippen LogP contribution < -0.4 is 11.1 Å². The third kappa shape index (κ3) is 4.44. The molecule has 0 radical (unpaired) electrons. The molecule has 1 amide bonds. The molecule has 1 heterocycles. The molecule has 1 aliphatic rings. The molecule has 3 atom stereocenters. The van der Waals surface area contributed by atoms with E-state index in [4.69, 9.17) is 10.5 Å². The van der Waals surface area contributed by atoms with Crippen molar-refractivity contribution in [1.29, 1.82) is 0 Å². The fraction of sp³-hybridized carbons (Fsp3) is 0.562. The van der Waals surface area contributed by atoms with Gasteiger partial charge in [-0.2, -0.15) is 0 Å². The lowest BCUT2D eigenvalue weighted by atomic mass is 9.99. The van der Waals surface area contributed by atoms with Crippen LogP contribution in [-0.2, 0) is 16.0 Å². The van der Waals surface area contributed by atoms with Gasteiger partial charge in [-0.3, -0.25) is 4.79 Å². The lowest BCUT2D eigenvalue weighted by molar-refractivity contribution is -0.122. The standard InChI is InChI=1S/C16H24N2O3/c1-2-15-12(7-8-21-15)10-18-16(20)14(17)9-11-3-5-13(19)6-4-11/h3-6,12,14-15,19H,2,7-10,17H2,1H3,(H,18,20)/t12?,14-,15?/m1/s1. The molecule has 21 heavy (non-hydrogen) atoms. The van der Waals surface area contributed by atoms with E-state index in [0.29, 0.717) is 18.9 Å². The van der Waals surface area contributed by atoms with Crippen LogP contribution >= 0.6 is 0 Å². The molecule has 1 aromatic rings. The summed E-state index contributed by atoms with van der Waals surface area (Å²) in [7, 11) is 0. The van der Waals surface area contributed by atoms with Crippen LogP contribution in [0, 0.1) is 5.92 Å². The first-order chi connectivity index (χ1) is 10.1. The minimum absolute atomic E-state index is 0.134. The average molecular weight is 292 g/mol. The van der Waals surface area contributed by atoms with Crippen LogP contribution in [0.4, 0.5) is 0 Å². The van der Waals surface area contributed by atoms with Gasteiger partial charge in [0.05, 0.1) is 12.1 Å². The van der Waals surface area contributed by atoms with Crippen molar-refractivity contribution in [2.75, 3.05) is 13.2 Å². The summed E-state index contributed by atoms with van der Waals surface area (Å²) in [5, 5.41) is 12.2. The first-order valence-corrected chi connectivity index (χ1v) is 7.53. The fourth-order valence-corrected chi connectivity index (χ4v) is 2.72. The third-order valence-corrected chi connectivity index (χ3v) is 4.02. The van der Waals surface area contributed by atoms with Crippen molar-refractivity contribution in [3.05, 3.63) is 29.8 Å². The molecule has 5 heteroatoms. The van der Waals surface area contributed by atoms with Gasteiger partial charge in [-0.25, -0.2) is 0 Å². The summed E-state index contributed by atoms with van der Waals surface area (Å²) in [6.07, 6.45) is 2.68. The van der Waals surface area contributed by atoms with Gasteiger partial charge in [0.25, 0.3) is 0 Å². The second-order valence-corrected chi connectivity index (χ2v) is 5.59. The van der Waals surface area contributed by atoms with Gasteiger partial charge < -0.3 is 20.9 Å². The number of benzene rings is 1. The number of nitrogens with two attached hydrogens (primary N) is 1. The number of phenolic OH excluding ortho intramolecular Hbond substituents is 1. The molecule has 0 bridgehead atoms. The predicted molar refractivity (Wildman–Crippen MR) is 80.9 cm³/mol. The molecule has 1 aliphatic heterocycles. The Balaban J connectivity index is 1.78. The van der Waals surface area contributed by atoms with Crippen LogP contribution in [0.15, 0.2) is 24.3 Å². The third-order valence-electron chi connectivity index (χ3n) is 4.02. The zero-order chi connectivity index (χ0) is 15.2. The molecule has 116 valence electrons. The van der Waals surface area contributed by atoms with Crippen molar-refractivity contribution in [1.82, 2.24) is 5.32 Å². The van der Waals surface area contributed by atoms with E-state index in [9.17, 15) is 9.90 Å². The number of rotatable bonds is 6. The van der Waals surface area contributed by atoms with Crippen molar-refractivity contribution in [3.63, 3.8) is 0 Å². The van der Waals surface area contributed by atoms with Crippen molar-refractivity contribution in [2.24, 2.45) is 11.7 Å². The Morgan fingerprint density at radius 1 is 1.48 bits per heavy atom. The first-order valence-electron chi connectivity index (χ1n) is 7.53. The fourth-order valence-electron chi connectivity index (χ4n) is 2.72. The minimum Gasteiger partial charge on any atom is -0.508 e. The molecule has 1 saturated heterocycles. The molecule has 2 rings (SSSR count). The van der Waals surface area contributed by atoms with Gasteiger partial charge in [0.2, 0.25) is 5.91 Å². The molecule has 5 nitrogen and oxygen atoms in total. The maximum atomic E-state index is 12.0. The van der Waals surface area contributed by atoms with Crippen molar-refractivity contribution in [3.8, 4) is 5.75 Å². The Bertz CT molecular complexity index is 461. The van der Waals surface area contributed by atoms with Crippen LogP contribution in [0.25, 0.3) is 0 Å². The highest BCUT2D eigenvalue weighted by molar-refractivity contribution is 5.81. The largest absolute Gasteiger partial charge is 0.508 e. The maximum Gasteiger partial charge on any atom is 0.237 e. The summed E-state index contributed by atoms with van der Waals surface area (Å²) in [4.78, 5) is 12.0. The number of phenols is 1. The molecule has 1 fully saturated rings. The number of hydrogen-bond acceptors (Lipinski definition) is 4. The smallest absolute Gasteiger partial charge is 0.237 e. The van der Waals surface area contributed by atoms with E-state index in [1.165, 1.54) is 0 Å². The molecular weight excluding hydrogens is 268 g/mol. The Morgan fingerprint density at radius 2 is 2.19 bits per heavy atom. The number of amides is 1. The highest BCUT2D eigenvalue weighted by Crippen LogP contribution is 2.22. The van der Waals surface area contributed by atoms with Crippen LogP contribution in [0.5, 0.6) is 5.75 Å². The molecule has 0 saturated carbocycles. The van der Waals surface area contributed by atoms with E-state index in [2.05, 4.69) is 12.2 Å². The highest BCUT2D eigenvalue weighted by atomic mass is 16.5. The van der Waals surface area contributed by atoms with E-state index in [1.54, 1.807) is 24.3 Å². The van der Waals surface area contributed by atoms with Gasteiger partial charge in [0, 0.05) is 19.1 Å². The molecule has 2 unspecified atom stereocenters. The van der Waals surface area contributed by atoms with Gasteiger partial charge in [0.15, 0.2) is 0 Å². The van der Waals surface area contributed by atoms with Crippen molar-refractivity contribution in [2.45, 2.75) is 38.3 Å². The lowest BCUT2D eigenvalue weighted by Crippen LogP contribution is -2.44. The van der Waals surface area contributed by atoms with E-state index in [0.717, 1.165) is 25.0 Å². The Morgan fingerprint density at radius 3 is 2.86 bits per heavy atom. The molecule has 0 aromatic heterocycles. The normalized spacial score (nSPS) is 23.0. The number of hydrogen-bond donors (Lipinski definition) is 3. The summed E-state index contributed by atoms with van der Waals surface area (Å²) in [6.45, 7) is 3.50. The number of aromatic hydroxyl groups is 1. The van der Waals surface area contributed by atoms with E-state index in [1.807, 2.05) is 0 Å². The second kappa shape index (κ2) is 7.43. The van der Waals surface area contributed by atoms with Gasteiger partial charge in [-0.1, -0.05) is 19.1 Å². The quantitative estimate of drug-likeness (QED) is 0.735. The molecule has 0 aliphatic carbocycles. The monoisotopic (exact) mass is 292 g/mol. The Hall–Kier alpha value is -1.59. The van der Waals surface area contributed by atoms with E-state index < -0.39 is 6.04 Å². The number of nitrogens with one attached hydrogen (secondary N) is 1. The van der Waals surface area contributed by atoms with E-state index >= 15 is 0 Å². The molecule has 4 N–H and O–H groups in total. The van der Waals surface area contributed by atoms with Crippen molar-refractivity contribution >= 4 is 5.91 Å². The number of ether oxygens (including phenoxy) is 1. The van der Waals surface area contributed by atoms with Crippen LogP contribution in [0.3, 0.4) is 0 Å². The summed E-state index contributed by atoms with van der Waals surface area (Å²) in [6, 6.07) is 6.18. The van der Waals surface area contributed by atoms with Gasteiger partial charge in [0.1, 0.15) is 5.75 Å². The second-order valence-electron chi connectivity index (χ2n) is 5.59. The average Bonchev–Trinajstić information content (AvgIpc) is 2.94. The summed E-state index contributed by atoms with van der Waals surface area (Å²) in [5.41, 5.74) is 6.87.